The first-order chi connectivity index (χ1) is 6.90. The van der Waals surface area contributed by atoms with E-state index in [1.54, 1.807) is 0 Å². The lowest BCUT2D eigenvalue weighted by molar-refractivity contribution is 0.174. The minimum absolute atomic E-state index is 0.332. The highest BCUT2D eigenvalue weighted by Gasteiger charge is 2.11. The van der Waals surface area contributed by atoms with Gasteiger partial charge in [0.05, 0.1) is 0 Å². The van der Waals surface area contributed by atoms with Gasteiger partial charge in [-0.3, -0.25) is 0 Å². The first-order valence-corrected chi connectivity index (χ1v) is 4.61. The number of benzene rings is 1. The minimum Gasteiger partial charge on any atom is -0.454 e. The molecular weight excluding hydrogens is 178 g/mol. The van der Waals surface area contributed by atoms with Crippen LogP contribution in [0.15, 0.2) is 24.3 Å². The first kappa shape index (κ1) is 9.09. The molecule has 0 spiro atoms. The molecule has 14 heavy (non-hydrogen) atoms. The van der Waals surface area contributed by atoms with Gasteiger partial charge >= 0.3 is 0 Å². The third kappa shape index (κ3) is 1.88. The quantitative estimate of drug-likeness (QED) is 0.788. The van der Waals surface area contributed by atoms with E-state index in [1.165, 1.54) is 0 Å². The predicted molar refractivity (Wildman–Crippen MR) is 55.5 cm³/mol. The van der Waals surface area contributed by atoms with Gasteiger partial charge in [0.1, 0.15) is 0 Å². The molecule has 1 aliphatic rings. The minimum atomic E-state index is 0.332. The maximum Gasteiger partial charge on any atom is 0.231 e. The maximum atomic E-state index is 5.27. The number of hydrogen-bond acceptors (Lipinski definition) is 3. The molecule has 1 aliphatic heterocycles. The number of ether oxygens (including phenoxy) is 2. The van der Waals surface area contributed by atoms with E-state index in [1.807, 2.05) is 25.2 Å². The van der Waals surface area contributed by atoms with Crippen molar-refractivity contribution in [1.29, 1.82) is 0 Å². The number of rotatable bonds is 3. The fourth-order valence-electron chi connectivity index (χ4n) is 1.33. The molecule has 0 fully saturated rings. The highest BCUT2D eigenvalue weighted by molar-refractivity contribution is 5.56. The summed E-state index contributed by atoms with van der Waals surface area (Å²) in [4.78, 5) is 0. The van der Waals surface area contributed by atoms with Crippen molar-refractivity contribution in [1.82, 2.24) is 5.32 Å². The van der Waals surface area contributed by atoms with Crippen LogP contribution in [0.1, 0.15) is 5.56 Å². The van der Waals surface area contributed by atoms with Crippen LogP contribution >= 0.6 is 0 Å². The topological polar surface area (TPSA) is 30.5 Å². The van der Waals surface area contributed by atoms with Gasteiger partial charge in [-0.15, -0.1) is 0 Å². The Hall–Kier alpha value is -1.48. The molecule has 0 saturated carbocycles. The van der Waals surface area contributed by atoms with Gasteiger partial charge in [0.2, 0.25) is 6.79 Å². The molecule has 0 amide bonds. The van der Waals surface area contributed by atoms with Crippen molar-refractivity contribution in [3.8, 4) is 11.5 Å². The van der Waals surface area contributed by atoms with Crippen molar-refractivity contribution < 1.29 is 9.47 Å². The van der Waals surface area contributed by atoms with E-state index in [0.717, 1.165) is 23.6 Å². The van der Waals surface area contributed by atoms with E-state index in [4.69, 9.17) is 9.47 Å². The lowest BCUT2D eigenvalue weighted by Gasteiger charge is -1.97. The average molecular weight is 191 g/mol. The van der Waals surface area contributed by atoms with Crippen molar-refractivity contribution in [2.24, 2.45) is 0 Å². The van der Waals surface area contributed by atoms with Gasteiger partial charge in [-0.25, -0.2) is 0 Å². The molecule has 0 aliphatic carbocycles. The van der Waals surface area contributed by atoms with Crippen molar-refractivity contribution in [2.75, 3.05) is 20.4 Å². The largest absolute Gasteiger partial charge is 0.454 e. The van der Waals surface area contributed by atoms with Crippen LogP contribution in [0.2, 0.25) is 0 Å². The van der Waals surface area contributed by atoms with Gasteiger partial charge in [0.15, 0.2) is 11.5 Å². The number of hydrogen-bond donors (Lipinski definition) is 1. The smallest absolute Gasteiger partial charge is 0.231 e. The second-order valence-corrected chi connectivity index (χ2v) is 3.07. The van der Waals surface area contributed by atoms with Crippen LogP contribution in [0.3, 0.4) is 0 Å². The van der Waals surface area contributed by atoms with Gasteiger partial charge in [-0.05, 0) is 24.7 Å². The summed E-state index contributed by atoms with van der Waals surface area (Å²) in [5.74, 6) is 1.66. The Labute approximate surface area is 83.3 Å². The second-order valence-electron chi connectivity index (χ2n) is 3.07. The zero-order chi connectivity index (χ0) is 9.80. The fourth-order valence-corrected chi connectivity index (χ4v) is 1.33. The Morgan fingerprint density at radius 2 is 2.21 bits per heavy atom. The molecule has 1 aromatic carbocycles. The van der Waals surface area contributed by atoms with Gasteiger partial charge in [-0.1, -0.05) is 18.2 Å². The van der Waals surface area contributed by atoms with Crippen molar-refractivity contribution >= 4 is 6.08 Å². The second kappa shape index (κ2) is 4.15. The first-order valence-electron chi connectivity index (χ1n) is 4.61. The van der Waals surface area contributed by atoms with E-state index in [-0.39, 0.29) is 0 Å². The molecule has 0 aromatic heterocycles. The molecule has 1 heterocycles. The van der Waals surface area contributed by atoms with E-state index < -0.39 is 0 Å². The summed E-state index contributed by atoms with van der Waals surface area (Å²) in [6.45, 7) is 1.20. The Bertz CT molecular complexity index is 347. The van der Waals surface area contributed by atoms with Gasteiger partial charge < -0.3 is 14.8 Å². The summed E-state index contributed by atoms with van der Waals surface area (Å²) in [7, 11) is 1.92. The average Bonchev–Trinajstić information content (AvgIpc) is 2.65. The third-order valence-corrected chi connectivity index (χ3v) is 2.03. The lowest BCUT2D eigenvalue weighted by Crippen LogP contribution is -2.03. The molecule has 1 N–H and O–H groups in total. The van der Waals surface area contributed by atoms with E-state index in [0.29, 0.717) is 6.79 Å². The molecule has 3 nitrogen and oxygen atoms in total. The van der Waals surface area contributed by atoms with Crippen molar-refractivity contribution in [2.45, 2.75) is 0 Å². The molecule has 2 rings (SSSR count). The molecule has 0 atom stereocenters. The Morgan fingerprint density at radius 3 is 3.07 bits per heavy atom. The summed E-state index contributed by atoms with van der Waals surface area (Å²) in [6.07, 6.45) is 4.12. The molecule has 0 radical (unpaired) electrons. The van der Waals surface area contributed by atoms with Crippen LogP contribution in [0.5, 0.6) is 11.5 Å². The van der Waals surface area contributed by atoms with Gasteiger partial charge in [-0.2, -0.15) is 0 Å². The summed E-state index contributed by atoms with van der Waals surface area (Å²) >= 11 is 0. The number of fused-ring (bicyclic) bond motifs is 1. The third-order valence-electron chi connectivity index (χ3n) is 2.03. The molecule has 0 unspecified atom stereocenters. The van der Waals surface area contributed by atoms with Crippen LogP contribution in [0, 0.1) is 0 Å². The zero-order valence-electron chi connectivity index (χ0n) is 8.12. The Balaban J connectivity index is 2.12. The molecule has 0 saturated heterocycles. The van der Waals surface area contributed by atoms with Gasteiger partial charge in [0.25, 0.3) is 0 Å². The van der Waals surface area contributed by atoms with Crippen molar-refractivity contribution in [3.05, 3.63) is 29.8 Å². The lowest BCUT2D eigenvalue weighted by atomic mass is 10.2. The fraction of sp³-hybridized carbons (Fsp3) is 0.273. The summed E-state index contributed by atoms with van der Waals surface area (Å²) in [5, 5.41) is 3.05. The van der Waals surface area contributed by atoms with Crippen LogP contribution in [-0.4, -0.2) is 20.4 Å². The van der Waals surface area contributed by atoms with Gasteiger partial charge in [0, 0.05) is 6.54 Å². The van der Waals surface area contributed by atoms with E-state index in [2.05, 4.69) is 17.5 Å². The summed E-state index contributed by atoms with van der Waals surface area (Å²) in [5.41, 5.74) is 1.13. The van der Waals surface area contributed by atoms with E-state index >= 15 is 0 Å². The van der Waals surface area contributed by atoms with Crippen molar-refractivity contribution in [3.63, 3.8) is 0 Å². The molecule has 3 heteroatoms. The molecule has 0 bridgehead atoms. The molecule has 1 aromatic rings. The predicted octanol–water partition coefficient (Wildman–Crippen LogP) is 1.65. The number of nitrogens with one attached hydrogen (secondary N) is 1. The standard InChI is InChI=1S/C11H13NO2/c1-12-6-2-3-9-4-5-10-11(7-9)14-8-13-10/h2-5,7,12H,6,8H2,1H3/b3-2+. The van der Waals surface area contributed by atoms with Crippen LogP contribution in [0.4, 0.5) is 0 Å². The zero-order valence-corrected chi connectivity index (χ0v) is 8.12. The Morgan fingerprint density at radius 1 is 1.36 bits per heavy atom. The number of likely N-dealkylation sites (N-methyl/N-ethyl adjacent to an activating group) is 1. The highest BCUT2D eigenvalue weighted by atomic mass is 16.7. The molecular formula is C11H13NO2. The summed E-state index contributed by atoms with van der Waals surface area (Å²) in [6, 6.07) is 5.93. The Kier molecular flexibility index (Phi) is 2.70. The van der Waals surface area contributed by atoms with Crippen LogP contribution in [-0.2, 0) is 0 Å². The monoisotopic (exact) mass is 191 g/mol. The molecule has 74 valence electrons. The maximum absolute atomic E-state index is 5.27. The summed E-state index contributed by atoms with van der Waals surface area (Å²) < 4.78 is 10.5. The van der Waals surface area contributed by atoms with Crippen LogP contribution in [0.25, 0.3) is 6.08 Å². The normalized spacial score (nSPS) is 13.8. The van der Waals surface area contributed by atoms with E-state index in [9.17, 15) is 0 Å². The highest BCUT2D eigenvalue weighted by Crippen LogP contribution is 2.32. The van der Waals surface area contributed by atoms with Crippen LogP contribution < -0.4 is 14.8 Å². The SMILES string of the molecule is CNC/C=C/c1ccc2c(c1)OCO2.